The second kappa shape index (κ2) is 14.8. The van der Waals surface area contributed by atoms with Crippen LogP contribution in [0.2, 0.25) is 0 Å². The van der Waals surface area contributed by atoms with E-state index in [4.69, 9.17) is 19.7 Å². The summed E-state index contributed by atoms with van der Waals surface area (Å²) in [5.74, 6) is 0.614. The molecule has 2 aliphatic rings. The van der Waals surface area contributed by atoms with Gasteiger partial charge in [-0.15, -0.1) is 4.33 Å². The first-order chi connectivity index (χ1) is 23.3. The highest BCUT2D eigenvalue weighted by atomic mass is 32.2. The Balaban J connectivity index is 1.72. The number of nitrogens with one attached hydrogen (secondary N) is 1. The van der Waals surface area contributed by atoms with E-state index in [-0.39, 0.29) is 21.2 Å². The molecule has 0 fully saturated rings. The summed E-state index contributed by atoms with van der Waals surface area (Å²) in [5, 5.41) is 14.7. The maximum absolute atomic E-state index is 13.5. The minimum Gasteiger partial charge on any atom is -0.456 e. The van der Waals surface area contributed by atoms with Crippen LogP contribution in [0, 0.1) is 0 Å². The van der Waals surface area contributed by atoms with Gasteiger partial charge in [-0.3, -0.25) is 9.27 Å². The topological polar surface area (TPSA) is 185 Å². The van der Waals surface area contributed by atoms with Crippen molar-refractivity contribution in [3.8, 4) is 22.5 Å². The van der Waals surface area contributed by atoms with Crippen molar-refractivity contribution < 1.29 is 40.4 Å². The largest absolute Gasteiger partial charge is 0.456 e. The zero-order chi connectivity index (χ0) is 35.5. The van der Waals surface area contributed by atoms with Gasteiger partial charge in [-0.2, -0.15) is 8.42 Å². The van der Waals surface area contributed by atoms with Gasteiger partial charge < -0.3 is 15.1 Å². The summed E-state index contributed by atoms with van der Waals surface area (Å²) in [5.41, 5.74) is 9.04. The number of nitrogens with two attached hydrogens (primary N) is 1. The molecule has 0 saturated carbocycles. The molecule has 16 heteroatoms. The SMILES string of the molecule is CCN(CC)c1ccc2c(-c3ccc(S(=O)(=O)Nc4ccc(S(=O)(=O)O)c(N)c4)cc3SOOO)c3ccc(=[N+](CC)CC)cc-3oc2c1. The van der Waals surface area contributed by atoms with E-state index in [0.717, 1.165) is 71.9 Å². The Morgan fingerprint density at radius 2 is 1.61 bits per heavy atom. The molecule has 5 N–H and O–H groups in total. The number of hydrogen-bond donors (Lipinski definition) is 4. The van der Waals surface area contributed by atoms with E-state index in [1.54, 1.807) is 6.07 Å². The van der Waals surface area contributed by atoms with Crippen LogP contribution in [-0.2, 0) is 29.5 Å². The fourth-order valence-electron chi connectivity index (χ4n) is 5.79. The fourth-order valence-corrected chi connectivity index (χ4v) is 8.07. The van der Waals surface area contributed by atoms with E-state index in [9.17, 15) is 21.4 Å². The zero-order valence-electron chi connectivity index (χ0n) is 27.2. The van der Waals surface area contributed by atoms with Gasteiger partial charge in [-0.05, 0) is 81.8 Å². The van der Waals surface area contributed by atoms with Gasteiger partial charge in [0.05, 0.1) is 34.4 Å². The Kier molecular flexibility index (Phi) is 10.9. The Morgan fingerprint density at radius 1 is 0.898 bits per heavy atom. The van der Waals surface area contributed by atoms with E-state index >= 15 is 0 Å². The first kappa shape index (κ1) is 36.1. The summed E-state index contributed by atoms with van der Waals surface area (Å²) in [6.07, 6.45) is 0. The van der Waals surface area contributed by atoms with E-state index in [1.807, 2.05) is 36.4 Å². The number of benzene rings is 4. The first-order valence-electron chi connectivity index (χ1n) is 15.4. The van der Waals surface area contributed by atoms with Crippen LogP contribution in [-0.4, -0.2) is 52.8 Å². The standard InChI is InChI=1S/C33H36N4O9S3/c1-5-36(6-2)22-10-13-25-29(18-22)44-30-19-23(37(7-3)8-4)11-14-26(30)33(25)27-15-12-24(20-31(27)47-46-45-38)48(39,40)35-21-9-16-32(28(34)17-21)49(41,42)43/h9-20,35H,5-8,34H2,1-4H3,(H-,38,41,42,43)/p+1. The molecule has 3 aromatic carbocycles. The van der Waals surface area contributed by atoms with Gasteiger partial charge in [0, 0.05) is 52.3 Å². The maximum atomic E-state index is 13.5. The van der Waals surface area contributed by atoms with Crippen molar-refractivity contribution in [2.75, 3.05) is 41.5 Å². The lowest BCUT2D eigenvalue weighted by molar-refractivity contribution is -0.432. The smallest absolute Gasteiger partial charge is 0.296 e. The van der Waals surface area contributed by atoms with Crippen molar-refractivity contribution in [2.24, 2.45) is 0 Å². The monoisotopic (exact) mass is 729 g/mol. The molecule has 0 amide bonds. The quantitative estimate of drug-likeness (QED) is 0.0214. The van der Waals surface area contributed by atoms with Crippen molar-refractivity contribution >= 4 is 60.2 Å². The van der Waals surface area contributed by atoms with E-state index < -0.39 is 25.0 Å². The molecule has 0 aromatic heterocycles. The summed E-state index contributed by atoms with van der Waals surface area (Å²) in [7, 11) is -8.88. The molecule has 0 radical (unpaired) electrons. The number of fused-ring (bicyclic) bond motifs is 2. The second-order valence-corrected chi connectivity index (χ2v) is 14.7. The van der Waals surface area contributed by atoms with Crippen LogP contribution in [0.5, 0.6) is 0 Å². The Labute approximate surface area is 288 Å². The Hall–Kier alpha value is -4.16. The van der Waals surface area contributed by atoms with Gasteiger partial charge >= 0.3 is 0 Å². The minimum atomic E-state index is -4.61. The van der Waals surface area contributed by atoms with Gasteiger partial charge in [0.25, 0.3) is 20.1 Å². The van der Waals surface area contributed by atoms with Crippen molar-refractivity contribution in [3.63, 3.8) is 0 Å². The van der Waals surface area contributed by atoms with E-state index in [2.05, 4.69) is 46.9 Å². The van der Waals surface area contributed by atoms with Crippen LogP contribution in [0.25, 0.3) is 33.4 Å². The second-order valence-electron chi connectivity index (χ2n) is 10.9. The molecule has 260 valence electrons. The van der Waals surface area contributed by atoms with Crippen molar-refractivity contribution in [1.82, 2.24) is 4.58 Å². The highest BCUT2D eigenvalue weighted by molar-refractivity contribution is 7.95. The third-order valence-corrected chi connectivity index (χ3v) is 11.1. The number of hydrogen-bond acceptors (Lipinski definition) is 11. The molecule has 0 bridgehead atoms. The van der Waals surface area contributed by atoms with Gasteiger partial charge in [0.2, 0.25) is 5.36 Å². The third-order valence-electron chi connectivity index (χ3n) is 8.17. The molecule has 49 heavy (non-hydrogen) atoms. The summed E-state index contributed by atoms with van der Waals surface area (Å²) >= 11 is 0.607. The lowest BCUT2D eigenvalue weighted by Crippen LogP contribution is -2.29. The molecule has 1 aliphatic carbocycles. The predicted molar refractivity (Wildman–Crippen MR) is 190 cm³/mol. The minimum absolute atomic E-state index is 0.0345. The normalized spacial score (nSPS) is 12.0. The summed E-state index contributed by atoms with van der Waals surface area (Å²) in [6, 6.07) is 19.5. The molecule has 0 atom stereocenters. The van der Waals surface area contributed by atoms with Crippen molar-refractivity contribution in [1.29, 1.82) is 0 Å². The average molecular weight is 730 g/mol. The van der Waals surface area contributed by atoms with E-state index in [1.165, 1.54) is 12.1 Å². The van der Waals surface area contributed by atoms with Crippen LogP contribution in [0.3, 0.4) is 0 Å². The molecular formula is C33H37N4O9S3+. The van der Waals surface area contributed by atoms with Gasteiger partial charge in [0.15, 0.2) is 0 Å². The van der Waals surface area contributed by atoms with Crippen LogP contribution in [0.15, 0.2) is 91.9 Å². The number of rotatable bonds is 13. The predicted octanol–water partition coefficient (Wildman–Crippen LogP) is 5.92. The highest BCUT2D eigenvalue weighted by Gasteiger charge is 2.25. The van der Waals surface area contributed by atoms with Gasteiger partial charge in [-0.25, -0.2) is 18.3 Å². The molecule has 1 aliphatic heterocycles. The first-order valence-corrected chi connectivity index (χ1v) is 19.0. The molecule has 0 saturated heterocycles. The lowest BCUT2D eigenvalue weighted by Gasteiger charge is -2.22. The van der Waals surface area contributed by atoms with Crippen LogP contribution in [0.1, 0.15) is 27.7 Å². The van der Waals surface area contributed by atoms with Crippen molar-refractivity contribution in [3.05, 3.63) is 78.2 Å². The Bertz CT molecular complexity index is 2260. The number of nitrogen functional groups attached to an aromatic ring is 1. The van der Waals surface area contributed by atoms with Crippen LogP contribution < -0.4 is 25.3 Å². The molecular weight excluding hydrogens is 693 g/mol. The molecule has 0 spiro atoms. The maximum Gasteiger partial charge on any atom is 0.296 e. The molecule has 3 aromatic rings. The van der Waals surface area contributed by atoms with Crippen LogP contribution >= 0.6 is 12.0 Å². The van der Waals surface area contributed by atoms with Gasteiger partial charge in [-0.1, -0.05) is 11.1 Å². The Morgan fingerprint density at radius 3 is 2.24 bits per heavy atom. The molecule has 0 unspecified atom stereocenters. The number of sulfonamides is 1. The summed E-state index contributed by atoms with van der Waals surface area (Å²) < 4.78 is 75.5. The van der Waals surface area contributed by atoms with E-state index in [0.29, 0.717) is 28.9 Å². The lowest BCUT2D eigenvalue weighted by atomic mass is 9.93. The molecule has 13 nitrogen and oxygen atoms in total. The zero-order valence-corrected chi connectivity index (χ0v) is 29.7. The number of anilines is 3. The fraction of sp³-hybridized carbons (Fsp3) is 0.242. The molecule has 5 rings (SSSR count). The highest BCUT2D eigenvalue weighted by Crippen LogP contribution is 2.45. The number of nitrogens with zero attached hydrogens (tertiary/aromatic N) is 2. The third kappa shape index (κ3) is 7.55. The molecule has 1 heterocycles. The van der Waals surface area contributed by atoms with Gasteiger partial charge in [0.1, 0.15) is 29.3 Å². The van der Waals surface area contributed by atoms with Crippen LogP contribution in [0.4, 0.5) is 17.1 Å². The summed E-state index contributed by atoms with van der Waals surface area (Å²) in [4.78, 5) is 1.75. The summed E-state index contributed by atoms with van der Waals surface area (Å²) in [6.45, 7) is 11.5. The van der Waals surface area contributed by atoms with Crippen molar-refractivity contribution in [2.45, 2.75) is 42.4 Å². The average Bonchev–Trinajstić information content (AvgIpc) is 3.06.